The summed E-state index contributed by atoms with van der Waals surface area (Å²) in [5.41, 5.74) is 3.48. The van der Waals surface area contributed by atoms with E-state index in [2.05, 4.69) is 0 Å². The van der Waals surface area contributed by atoms with Crippen LogP contribution in [0.4, 0.5) is 5.69 Å². The standard InChI is InChI=1S/C16H19NO2/c1-10-7-11(2)14-13(8-10)17(16(19)15(14)18)9-12-5-3-4-6-12/h7-8,12H,3-6,9H2,1-2H3. The van der Waals surface area contributed by atoms with Crippen LogP contribution in [-0.2, 0) is 4.79 Å². The maximum atomic E-state index is 12.2. The molecule has 1 saturated carbocycles. The Balaban J connectivity index is 1.98. The molecule has 1 amide bonds. The van der Waals surface area contributed by atoms with Gasteiger partial charge in [0.1, 0.15) is 0 Å². The van der Waals surface area contributed by atoms with Gasteiger partial charge < -0.3 is 4.90 Å². The van der Waals surface area contributed by atoms with Crippen LogP contribution in [0.5, 0.6) is 0 Å². The first kappa shape index (κ1) is 12.4. The van der Waals surface area contributed by atoms with E-state index < -0.39 is 0 Å². The van der Waals surface area contributed by atoms with Gasteiger partial charge >= 0.3 is 0 Å². The summed E-state index contributed by atoms with van der Waals surface area (Å²) in [5.74, 6) is -0.107. The van der Waals surface area contributed by atoms with Crippen molar-refractivity contribution in [2.24, 2.45) is 5.92 Å². The van der Waals surface area contributed by atoms with E-state index >= 15 is 0 Å². The lowest BCUT2D eigenvalue weighted by Gasteiger charge is -2.21. The van der Waals surface area contributed by atoms with Gasteiger partial charge in [0.05, 0.1) is 11.3 Å². The van der Waals surface area contributed by atoms with Crippen LogP contribution in [0.1, 0.15) is 47.2 Å². The highest BCUT2D eigenvalue weighted by Gasteiger charge is 2.38. The summed E-state index contributed by atoms with van der Waals surface area (Å²) < 4.78 is 0. The number of carbonyl (C=O) groups is 2. The van der Waals surface area contributed by atoms with Crippen LogP contribution in [0.15, 0.2) is 12.1 Å². The Hall–Kier alpha value is -1.64. The summed E-state index contributed by atoms with van der Waals surface area (Å²) in [6.07, 6.45) is 4.86. The highest BCUT2D eigenvalue weighted by Crippen LogP contribution is 2.35. The number of Topliss-reactive ketones (excluding diaryl/α,β-unsaturated/α-hetero) is 1. The number of rotatable bonds is 2. The van der Waals surface area contributed by atoms with Crippen molar-refractivity contribution in [1.29, 1.82) is 0 Å². The number of aryl methyl sites for hydroxylation is 2. The van der Waals surface area contributed by atoms with Crippen molar-refractivity contribution in [2.45, 2.75) is 39.5 Å². The largest absolute Gasteiger partial charge is 0.304 e. The minimum absolute atomic E-state index is 0.328. The lowest BCUT2D eigenvalue weighted by molar-refractivity contribution is -0.114. The molecule has 0 spiro atoms. The van der Waals surface area contributed by atoms with E-state index in [0.717, 1.165) is 16.8 Å². The third-order valence-corrected chi connectivity index (χ3v) is 4.33. The topological polar surface area (TPSA) is 37.4 Å². The summed E-state index contributed by atoms with van der Waals surface area (Å²) >= 11 is 0. The highest BCUT2D eigenvalue weighted by atomic mass is 16.2. The fourth-order valence-electron chi connectivity index (χ4n) is 3.42. The molecule has 1 aromatic carbocycles. The van der Waals surface area contributed by atoms with Gasteiger partial charge in [0.2, 0.25) is 0 Å². The van der Waals surface area contributed by atoms with Crippen molar-refractivity contribution in [3.05, 3.63) is 28.8 Å². The second-order valence-corrected chi connectivity index (χ2v) is 5.87. The van der Waals surface area contributed by atoms with E-state index in [1.54, 1.807) is 4.90 Å². The molecular weight excluding hydrogens is 238 g/mol. The van der Waals surface area contributed by atoms with Gasteiger partial charge in [-0.3, -0.25) is 9.59 Å². The molecule has 1 heterocycles. The predicted molar refractivity (Wildman–Crippen MR) is 74.6 cm³/mol. The minimum atomic E-state index is -0.337. The van der Waals surface area contributed by atoms with Gasteiger partial charge in [0, 0.05) is 6.54 Å². The molecule has 2 aliphatic rings. The fourth-order valence-corrected chi connectivity index (χ4v) is 3.42. The summed E-state index contributed by atoms with van der Waals surface area (Å²) in [7, 11) is 0. The zero-order valence-corrected chi connectivity index (χ0v) is 11.5. The number of hydrogen-bond donors (Lipinski definition) is 0. The molecule has 1 aromatic rings. The number of hydrogen-bond acceptors (Lipinski definition) is 2. The second-order valence-electron chi connectivity index (χ2n) is 5.87. The molecule has 0 bridgehead atoms. The number of carbonyl (C=O) groups excluding carboxylic acids is 2. The normalized spacial score (nSPS) is 19.4. The van der Waals surface area contributed by atoms with E-state index in [4.69, 9.17) is 0 Å². The van der Waals surface area contributed by atoms with E-state index in [0.29, 0.717) is 18.0 Å². The van der Waals surface area contributed by atoms with Crippen molar-refractivity contribution in [3.8, 4) is 0 Å². The SMILES string of the molecule is Cc1cc(C)c2c(c1)N(CC1CCCC1)C(=O)C2=O. The lowest BCUT2D eigenvalue weighted by Crippen LogP contribution is -2.33. The highest BCUT2D eigenvalue weighted by molar-refractivity contribution is 6.52. The van der Waals surface area contributed by atoms with E-state index in [1.807, 2.05) is 26.0 Å². The monoisotopic (exact) mass is 257 g/mol. The molecule has 0 N–H and O–H groups in total. The lowest BCUT2D eigenvalue weighted by atomic mass is 10.0. The molecule has 1 aliphatic heterocycles. The Bertz CT molecular complexity index is 556. The predicted octanol–water partition coefficient (Wildman–Crippen LogP) is 3.02. The number of ketones is 1. The van der Waals surface area contributed by atoms with Crippen molar-refractivity contribution < 1.29 is 9.59 Å². The first-order valence-electron chi connectivity index (χ1n) is 7.05. The smallest absolute Gasteiger partial charge is 0.299 e. The number of nitrogens with zero attached hydrogens (tertiary/aromatic N) is 1. The molecule has 3 rings (SSSR count). The molecule has 19 heavy (non-hydrogen) atoms. The molecule has 0 atom stereocenters. The molecule has 0 radical (unpaired) electrons. The van der Waals surface area contributed by atoms with E-state index in [-0.39, 0.29) is 11.7 Å². The molecule has 1 aliphatic carbocycles. The van der Waals surface area contributed by atoms with Crippen LogP contribution in [0.2, 0.25) is 0 Å². The average molecular weight is 257 g/mol. The molecule has 1 fully saturated rings. The third-order valence-electron chi connectivity index (χ3n) is 4.33. The van der Waals surface area contributed by atoms with Crippen LogP contribution < -0.4 is 4.90 Å². The van der Waals surface area contributed by atoms with Gasteiger partial charge in [-0.25, -0.2) is 0 Å². The summed E-state index contributed by atoms with van der Waals surface area (Å²) in [5, 5.41) is 0. The van der Waals surface area contributed by atoms with Crippen molar-refractivity contribution in [1.82, 2.24) is 0 Å². The zero-order valence-electron chi connectivity index (χ0n) is 11.5. The minimum Gasteiger partial charge on any atom is -0.304 e. The molecular formula is C16H19NO2. The van der Waals surface area contributed by atoms with E-state index in [1.165, 1.54) is 25.7 Å². The maximum absolute atomic E-state index is 12.2. The van der Waals surface area contributed by atoms with Gasteiger partial charge in [-0.05, 0) is 49.8 Å². The first-order chi connectivity index (χ1) is 9.08. The van der Waals surface area contributed by atoms with Crippen molar-refractivity contribution in [2.75, 3.05) is 11.4 Å². The van der Waals surface area contributed by atoms with Gasteiger partial charge in [-0.2, -0.15) is 0 Å². The molecule has 0 aromatic heterocycles. The molecule has 3 nitrogen and oxygen atoms in total. The molecule has 0 saturated heterocycles. The van der Waals surface area contributed by atoms with Gasteiger partial charge in [-0.1, -0.05) is 18.9 Å². The number of anilines is 1. The van der Waals surface area contributed by atoms with Crippen molar-refractivity contribution in [3.63, 3.8) is 0 Å². The van der Waals surface area contributed by atoms with E-state index in [9.17, 15) is 9.59 Å². The third kappa shape index (κ3) is 1.97. The Labute approximate surface area is 113 Å². The Morgan fingerprint density at radius 1 is 1.16 bits per heavy atom. The number of benzene rings is 1. The fraction of sp³-hybridized carbons (Fsp3) is 0.500. The summed E-state index contributed by atoms with van der Waals surface area (Å²) in [6.45, 7) is 4.63. The van der Waals surface area contributed by atoms with Crippen LogP contribution >= 0.6 is 0 Å². The second kappa shape index (κ2) is 4.48. The zero-order chi connectivity index (χ0) is 13.6. The molecule has 0 unspecified atom stereocenters. The number of amides is 1. The molecule has 100 valence electrons. The van der Waals surface area contributed by atoms with Gasteiger partial charge in [0.25, 0.3) is 11.7 Å². The van der Waals surface area contributed by atoms with Crippen LogP contribution in [-0.4, -0.2) is 18.2 Å². The van der Waals surface area contributed by atoms with Crippen LogP contribution in [0.25, 0.3) is 0 Å². The first-order valence-corrected chi connectivity index (χ1v) is 7.05. The van der Waals surface area contributed by atoms with Gasteiger partial charge in [0.15, 0.2) is 0 Å². The Kier molecular flexibility index (Phi) is 2.92. The van der Waals surface area contributed by atoms with Gasteiger partial charge in [-0.15, -0.1) is 0 Å². The molecule has 3 heteroatoms. The maximum Gasteiger partial charge on any atom is 0.299 e. The Morgan fingerprint density at radius 2 is 1.84 bits per heavy atom. The summed E-state index contributed by atoms with van der Waals surface area (Å²) in [4.78, 5) is 26.0. The average Bonchev–Trinajstić information content (AvgIpc) is 2.93. The quantitative estimate of drug-likeness (QED) is 0.764. The number of fused-ring (bicyclic) bond motifs is 1. The van der Waals surface area contributed by atoms with Crippen LogP contribution in [0.3, 0.4) is 0 Å². The summed E-state index contributed by atoms with van der Waals surface area (Å²) in [6, 6.07) is 3.95. The Morgan fingerprint density at radius 3 is 2.53 bits per heavy atom. The van der Waals surface area contributed by atoms with Crippen molar-refractivity contribution >= 4 is 17.4 Å². The van der Waals surface area contributed by atoms with Crippen LogP contribution in [0, 0.1) is 19.8 Å².